The topological polar surface area (TPSA) is 72.2 Å². The Hall–Kier alpha value is -1.12. The van der Waals surface area contributed by atoms with Gasteiger partial charge in [0, 0.05) is 24.7 Å². The molecule has 0 saturated heterocycles. The molecule has 8 heteroatoms. The molecule has 96 valence electrons. The molecule has 0 aliphatic heterocycles. The standard InChI is InChI=1S/C9H11F3N2O2S/c1-5(13)4-14-17(15,16)9-7(11)2-6(10)3-8(9)12/h2-3,5,14H,4,13H2,1H3. The Kier molecular flexibility index (Phi) is 4.12. The molecular formula is C9H11F3N2O2S. The van der Waals surface area contributed by atoms with Crippen molar-refractivity contribution < 1.29 is 21.6 Å². The molecule has 0 amide bonds. The van der Waals surface area contributed by atoms with Gasteiger partial charge in [0.05, 0.1) is 0 Å². The first-order valence-corrected chi connectivity index (χ1v) is 6.12. The Morgan fingerprint density at radius 2 is 1.76 bits per heavy atom. The summed E-state index contributed by atoms with van der Waals surface area (Å²) in [6.07, 6.45) is 0. The average Bonchev–Trinajstić information content (AvgIpc) is 2.12. The van der Waals surface area contributed by atoms with Gasteiger partial charge in [-0.25, -0.2) is 26.3 Å². The maximum Gasteiger partial charge on any atom is 0.246 e. The zero-order chi connectivity index (χ0) is 13.2. The number of rotatable bonds is 4. The average molecular weight is 268 g/mol. The van der Waals surface area contributed by atoms with Crippen molar-refractivity contribution in [3.63, 3.8) is 0 Å². The lowest BCUT2D eigenvalue weighted by molar-refractivity contribution is 0.492. The highest BCUT2D eigenvalue weighted by Gasteiger charge is 2.24. The van der Waals surface area contributed by atoms with Crippen molar-refractivity contribution in [3.05, 3.63) is 29.6 Å². The van der Waals surface area contributed by atoms with Crippen LogP contribution in [0.15, 0.2) is 17.0 Å². The highest BCUT2D eigenvalue weighted by molar-refractivity contribution is 7.89. The maximum atomic E-state index is 13.2. The van der Waals surface area contributed by atoms with E-state index in [4.69, 9.17) is 5.73 Å². The second-order valence-electron chi connectivity index (χ2n) is 3.53. The van der Waals surface area contributed by atoms with E-state index >= 15 is 0 Å². The molecule has 1 aromatic rings. The molecule has 0 aliphatic rings. The van der Waals surface area contributed by atoms with Crippen LogP contribution in [0.25, 0.3) is 0 Å². The SMILES string of the molecule is CC(N)CNS(=O)(=O)c1c(F)cc(F)cc1F. The van der Waals surface area contributed by atoms with Crippen LogP contribution in [0, 0.1) is 17.5 Å². The molecule has 4 nitrogen and oxygen atoms in total. The predicted molar refractivity (Wildman–Crippen MR) is 55.2 cm³/mol. The fourth-order valence-corrected chi connectivity index (χ4v) is 2.36. The van der Waals surface area contributed by atoms with E-state index in [0.717, 1.165) is 0 Å². The Balaban J connectivity index is 3.16. The summed E-state index contributed by atoms with van der Waals surface area (Å²) in [7, 11) is -4.38. The van der Waals surface area contributed by atoms with Gasteiger partial charge in [-0.1, -0.05) is 0 Å². The van der Waals surface area contributed by atoms with Crippen molar-refractivity contribution in [2.24, 2.45) is 5.73 Å². The number of hydrogen-bond acceptors (Lipinski definition) is 3. The van der Waals surface area contributed by atoms with Gasteiger partial charge in [-0.05, 0) is 6.92 Å². The Morgan fingerprint density at radius 1 is 1.29 bits per heavy atom. The number of hydrogen-bond donors (Lipinski definition) is 2. The van der Waals surface area contributed by atoms with Crippen LogP contribution in [0.3, 0.4) is 0 Å². The predicted octanol–water partition coefficient (Wildman–Crippen LogP) is 0.729. The maximum absolute atomic E-state index is 13.2. The van der Waals surface area contributed by atoms with Gasteiger partial charge >= 0.3 is 0 Å². The third kappa shape index (κ3) is 3.42. The first kappa shape index (κ1) is 13.9. The molecule has 0 bridgehead atoms. The quantitative estimate of drug-likeness (QED) is 0.845. The fraction of sp³-hybridized carbons (Fsp3) is 0.333. The van der Waals surface area contributed by atoms with Crippen molar-refractivity contribution in [2.45, 2.75) is 17.9 Å². The molecule has 17 heavy (non-hydrogen) atoms. The zero-order valence-corrected chi connectivity index (χ0v) is 9.69. The van der Waals surface area contributed by atoms with Crippen molar-refractivity contribution >= 4 is 10.0 Å². The zero-order valence-electron chi connectivity index (χ0n) is 8.88. The van der Waals surface area contributed by atoms with Gasteiger partial charge in [0.1, 0.15) is 17.5 Å². The monoisotopic (exact) mass is 268 g/mol. The van der Waals surface area contributed by atoms with Crippen molar-refractivity contribution in [1.82, 2.24) is 4.72 Å². The highest BCUT2D eigenvalue weighted by Crippen LogP contribution is 2.19. The molecule has 0 aliphatic carbocycles. The van der Waals surface area contributed by atoms with E-state index in [9.17, 15) is 21.6 Å². The normalized spacial score (nSPS) is 13.7. The van der Waals surface area contributed by atoms with Crippen LogP contribution < -0.4 is 10.5 Å². The molecule has 0 heterocycles. The first-order valence-electron chi connectivity index (χ1n) is 4.64. The van der Waals surface area contributed by atoms with E-state index in [1.165, 1.54) is 6.92 Å². The molecule has 0 aromatic heterocycles. The van der Waals surface area contributed by atoms with Gasteiger partial charge in [0.25, 0.3) is 0 Å². The van der Waals surface area contributed by atoms with E-state index in [0.29, 0.717) is 12.1 Å². The van der Waals surface area contributed by atoms with Crippen LogP contribution in [0.2, 0.25) is 0 Å². The Labute approximate surface area is 96.7 Å². The third-order valence-corrected chi connectivity index (χ3v) is 3.30. The van der Waals surface area contributed by atoms with Crippen molar-refractivity contribution in [2.75, 3.05) is 6.54 Å². The summed E-state index contributed by atoms with van der Waals surface area (Å²) in [5, 5.41) is 0. The molecule has 1 atom stereocenters. The van der Waals surface area contributed by atoms with Crippen molar-refractivity contribution in [3.8, 4) is 0 Å². The summed E-state index contributed by atoms with van der Waals surface area (Å²) in [6, 6.07) is 0.0730. The lowest BCUT2D eigenvalue weighted by Gasteiger charge is -2.10. The van der Waals surface area contributed by atoms with Crippen LogP contribution >= 0.6 is 0 Å². The van der Waals surface area contributed by atoms with Crippen LogP contribution in [0.5, 0.6) is 0 Å². The van der Waals surface area contributed by atoms with Gasteiger partial charge < -0.3 is 5.73 Å². The molecule has 1 unspecified atom stereocenters. The largest absolute Gasteiger partial charge is 0.327 e. The van der Waals surface area contributed by atoms with E-state index in [2.05, 4.69) is 0 Å². The summed E-state index contributed by atoms with van der Waals surface area (Å²) in [4.78, 5) is -1.21. The molecule has 0 radical (unpaired) electrons. The summed E-state index contributed by atoms with van der Waals surface area (Å²) in [6.45, 7) is 1.33. The van der Waals surface area contributed by atoms with Gasteiger partial charge in [-0.3, -0.25) is 0 Å². The summed E-state index contributed by atoms with van der Waals surface area (Å²) in [5.41, 5.74) is 5.30. The number of nitrogens with two attached hydrogens (primary N) is 1. The van der Waals surface area contributed by atoms with Crippen molar-refractivity contribution in [1.29, 1.82) is 0 Å². The van der Waals surface area contributed by atoms with Crippen LogP contribution in [-0.4, -0.2) is 21.0 Å². The second kappa shape index (κ2) is 5.03. The molecule has 1 rings (SSSR count). The molecule has 0 saturated carbocycles. The molecule has 0 fully saturated rings. The van der Waals surface area contributed by atoms with Gasteiger partial charge in [0.15, 0.2) is 4.90 Å². The fourth-order valence-electron chi connectivity index (χ4n) is 1.10. The lowest BCUT2D eigenvalue weighted by atomic mass is 10.3. The minimum absolute atomic E-state index is 0.182. The lowest BCUT2D eigenvalue weighted by Crippen LogP contribution is -2.35. The number of benzene rings is 1. The van der Waals surface area contributed by atoms with Crippen LogP contribution in [-0.2, 0) is 10.0 Å². The second-order valence-corrected chi connectivity index (χ2v) is 5.23. The molecule has 1 aromatic carbocycles. The van der Waals surface area contributed by atoms with Crippen LogP contribution in [0.1, 0.15) is 6.92 Å². The van der Waals surface area contributed by atoms with Crippen LogP contribution in [0.4, 0.5) is 13.2 Å². The molecule has 0 spiro atoms. The van der Waals surface area contributed by atoms with Gasteiger partial charge in [-0.2, -0.15) is 0 Å². The Morgan fingerprint density at radius 3 is 2.18 bits per heavy atom. The van der Waals surface area contributed by atoms with Gasteiger partial charge in [0.2, 0.25) is 10.0 Å². The summed E-state index contributed by atoms with van der Waals surface area (Å²) >= 11 is 0. The number of halogens is 3. The summed E-state index contributed by atoms with van der Waals surface area (Å²) in [5.74, 6) is -4.16. The van der Waals surface area contributed by atoms with E-state index in [1.54, 1.807) is 0 Å². The first-order chi connectivity index (χ1) is 7.74. The molecular weight excluding hydrogens is 257 g/mol. The Bertz CT molecular complexity index is 494. The van der Waals surface area contributed by atoms with E-state index in [1.807, 2.05) is 4.72 Å². The van der Waals surface area contributed by atoms with E-state index in [-0.39, 0.29) is 6.54 Å². The third-order valence-electron chi connectivity index (χ3n) is 1.83. The molecule has 3 N–H and O–H groups in total. The van der Waals surface area contributed by atoms with E-state index < -0.39 is 38.4 Å². The van der Waals surface area contributed by atoms with Gasteiger partial charge in [-0.15, -0.1) is 0 Å². The summed E-state index contributed by atoms with van der Waals surface area (Å²) < 4.78 is 64.0. The number of sulfonamides is 1. The number of nitrogens with one attached hydrogen (secondary N) is 1. The highest BCUT2D eigenvalue weighted by atomic mass is 32.2. The minimum atomic E-state index is -4.38. The minimum Gasteiger partial charge on any atom is -0.327 e. The smallest absolute Gasteiger partial charge is 0.246 e.